The normalized spacial score (nSPS) is 11.0. The number of ether oxygens (including phenoxy) is 3. The highest BCUT2D eigenvalue weighted by Crippen LogP contribution is 2.46. The average Bonchev–Trinajstić information content (AvgIpc) is 3.55. The van der Waals surface area contributed by atoms with Gasteiger partial charge in [0.05, 0.1) is 21.3 Å². The summed E-state index contributed by atoms with van der Waals surface area (Å²) >= 11 is 6.17. The molecule has 0 aliphatic carbocycles. The molecule has 41 heavy (non-hydrogen) atoms. The Hall–Kier alpha value is -3.67. The number of benzene rings is 2. The highest BCUT2D eigenvalue weighted by atomic mass is 79.9. The van der Waals surface area contributed by atoms with Gasteiger partial charge in [0.1, 0.15) is 5.60 Å². The van der Waals surface area contributed by atoms with Crippen LogP contribution in [0.3, 0.4) is 0 Å². The number of anilines is 2. The Morgan fingerprint density at radius 3 is 2.37 bits per heavy atom. The van der Waals surface area contributed by atoms with Crippen LogP contribution in [-0.4, -0.2) is 37.2 Å². The number of para-hydroxylation sites is 1. The van der Waals surface area contributed by atoms with E-state index in [0.29, 0.717) is 15.9 Å². The van der Waals surface area contributed by atoms with Gasteiger partial charge in [-0.05, 0) is 78.7 Å². The summed E-state index contributed by atoms with van der Waals surface area (Å²) in [6, 6.07) is 20.8. The standard InChI is InChI=1S/C30H29BrN2O6S2/c1-30(2,3)39-23(34)17-38-25-24(31)26(41-27(25)29(36)37-4)18-9-8-12-20(15-18)32-16-21-13-14-22(40-21)28(35)33-19-10-6-5-7-11-19/h5-15,32H,16-17H2,1-4H3,(H,33,35). The Balaban J connectivity index is 1.46. The number of carbonyl (C=O) groups excluding carboxylic acids is 3. The fourth-order valence-corrected chi connectivity index (χ4v) is 6.52. The summed E-state index contributed by atoms with van der Waals surface area (Å²) in [5.74, 6) is -1.04. The molecule has 2 aromatic carbocycles. The zero-order valence-electron chi connectivity index (χ0n) is 22.9. The second-order valence-electron chi connectivity index (χ2n) is 9.79. The second kappa shape index (κ2) is 13.3. The van der Waals surface area contributed by atoms with Gasteiger partial charge in [0.2, 0.25) is 0 Å². The van der Waals surface area contributed by atoms with Crippen LogP contribution in [-0.2, 0) is 20.8 Å². The average molecular weight is 658 g/mol. The van der Waals surface area contributed by atoms with Crippen molar-refractivity contribution in [3.05, 3.63) is 85.8 Å². The lowest BCUT2D eigenvalue weighted by Gasteiger charge is -2.19. The van der Waals surface area contributed by atoms with Crippen molar-refractivity contribution in [3.8, 4) is 16.2 Å². The van der Waals surface area contributed by atoms with Gasteiger partial charge in [0.25, 0.3) is 5.91 Å². The number of amides is 1. The van der Waals surface area contributed by atoms with Gasteiger partial charge in [-0.1, -0.05) is 30.3 Å². The molecule has 214 valence electrons. The predicted molar refractivity (Wildman–Crippen MR) is 166 cm³/mol. The molecular weight excluding hydrogens is 628 g/mol. The van der Waals surface area contributed by atoms with Gasteiger partial charge < -0.3 is 24.8 Å². The lowest BCUT2D eigenvalue weighted by Crippen LogP contribution is -2.27. The van der Waals surface area contributed by atoms with E-state index in [0.717, 1.165) is 26.7 Å². The van der Waals surface area contributed by atoms with Crippen LogP contribution in [0.25, 0.3) is 10.4 Å². The molecule has 4 aromatic rings. The minimum atomic E-state index is -0.657. The third kappa shape index (κ3) is 8.18. The van der Waals surface area contributed by atoms with E-state index in [2.05, 4.69) is 26.6 Å². The molecule has 0 aliphatic heterocycles. The quantitative estimate of drug-likeness (QED) is 0.169. The van der Waals surface area contributed by atoms with Crippen LogP contribution in [0.1, 0.15) is 45.0 Å². The van der Waals surface area contributed by atoms with Crippen molar-refractivity contribution in [2.45, 2.75) is 32.9 Å². The number of rotatable bonds is 10. The molecule has 0 spiro atoms. The minimum absolute atomic E-state index is 0.150. The second-order valence-corrected chi connectivity index (χ2v) is 12.8. The van der Waals surface area contributed by atoms with E-state index in [4.69, 9.17) is 14.2 Å². The first-order valence-electron chi connectivity index (χ1n) is 12.6. The molecule has 11 heteroatoms. The van der Waals surface area contributed by atoms with E-state index in [9.17, 15) is 14.4 Å². The maximum Gasteiger partial charge on any atom is 0.351 e. The van der Waals surface area contributed by atoms with Crippen molar-refractivity contribution in [2.24, 2.45) is 0 Å². The fraction of sp³-hybridized carbons (Fsp3) is 0.233. The summed E-state index contributed by atoms with van der Waals surface area (Å²) in [6.45, 7) is 5.47. The summed E-state index contributed by atoms with van der Waals surface area (Å²) in [6.07, 6.45) is 0. The van der Waals surface area contributed by atoms with Gasteiger partial charge in [0.15, 0.2) is 17.2 Å². The molecular formula is C30H29BrN2O6S2. The SMILES string of the molecule is COC(=O)c1sc(-c2cccc(NCc3ccc(C(=O)Nc4ccccc4)s3)c2)c(Br)c1OCC(=O)OC(C)(C)C. The van der Waals surface area contributed by atoms with Gasteiger partial charge in [-0.2, -0.15) is 0 Å². The number of methoxy groups -OCH3 is 1. The third-order valence-electron chi connectivity index (χ3n) is 5.44. The van der Waals surface area contributed by atoms with Crippen molar-refractivity contribution < 1.29 is 28.6 Å². The highest BCUT2D eigenvalue weighted by Gasteiger charge is 2.26. The number of nitrogens with one attached hydrogen (secondary N) is 2. The van der Waals surface area contributed by atoms with Crippen LogP contribution in [0.2, 0.25) is 0 Å². The van der Waals surface area contributed by atoms with E-state index >= 15 is 0 Å². The molecule has 4 rings (SSSR count). The van der Waals surface area contributed by atoms with Crippen LogP contribution in [0.5, 0.6) is 5.75 Å². The third-order valence-corrected chi connectivity index (χ3v) is 8.75. The van der Waals surface area contributed by atoms with Crippen LogP contribution < -0.4 is 15.4 Å². The minimum Gasteiger partial charge on any atom is -0.479 e. The molecule has 2 aromatic heterocycles. The summed E-state index contributed by atoms with van der Waals surface area (Å²) < 4.78 is 16.5. The van der Waals surface area contributed by atoms with Gasteiger partial charge in [-0.15, -0.1) is 22.7 Å². The molecule has 0 aliphatic rings. The monoisotopic (exact) mass is 656 g/mol. The molecule has 0 fully saturated rings. The Morgan fingerprint density at radius 2 is 1.66 bits per heavy atom. The molecule has 2 heterocycles. The van der Waals surface area contributed by atoms with Gasteiger partial charge in [-0.25, -0.2) is 9.59 Å². The molecule has 0 bridgehead atoms. The van der Waals surface area contributed by atoms with Gasteiger partial charge in [-0.3, -0.25) is 4.79 Å². The van der Waals surface area contributed by atoms with Crippen molar-refractivity contribution >= 4 is 67.8 Å². The van der Waals surface area contributed by atoms with Gasteiger partial charge >= 0.3 is 11.9 Å². The zero-order chi connectivity index (χ0) is 29.6. The predicted octanol–water partition coefficient (Wildman–Crippen LogP) is 7.61. The smallest absolute Gasteiger partial charge is 0.351 e. The Labute approximate surface area is 254 Å². The Bertz CT molecular complexity index is 1540. The van der Waals surface area contributed by atoms with Crippen molar-refractivity contribution in [1.29, 1.82) is 0 Å². The molecule has 0 radical (unpaired) electrons. The first-order valence-corrected chi connectivity index (χ1v) is 15.0. The first kappa shape index (κ1) is 30.3. The number of esters is 2. The first-order chi connectivity index (χ1) is 19.5. The Kier molecular flexibility index (Phi) is 9.85. The largest absolute Gasteiger partial charge is 0.479 e. The molecule has 0 saturated heterocycles. The lowest BCUT2D eigenvalue weighted by atomic mass is 10.1. The maximum absolute atomic E-state index is 12.6. The molecule has 0 atom stereocenters. The molecule has 0 saturated carbocycles. The van der Waals surface area contributed by atoms with E-state index in [-0.39, 0.29) is 23.1 Å². The summed E-state index contributed by atoms with van der Waals surface area (Å²) in [5.41, 5.74) is 1.77. The van der Waals surface area contributed by atoms with Crippen LogP contribution in [0, 0.1) is 0 Å². The van der Waals surface area contributed by atoms with Crippen LogP contribution >= 0.6 is 38.6 Å². The molecule has 2 N–H and O–H groups in total. The summed E-state index contributed by atoms with van der Waals surface area (Å²) in [4.78, 5) is 39.9. The number of hydrogen-bond acceptors (Lipinski definition) is 9. The van der Waals surface area contributed by atoms with Gasteiger partial charge in [0, 0.05) is 22.8 Å². The molecule has 0 unspecified atom stereocenters. The molecule has 8 nitrogen and oxygen atoms in total. The van der Waals surface area contributed by atoms with E-state index < -0.39 is 17.5 Å². The number of carbonyl (C=O) groups is 3. The fourth-order valence-electron chi connectivity index (χ4n) is 3.71. The topological polar surface area (TPSA) is 103 Å². The van der Waals surface area contributed by atoms with Crippen molar-refractivity contribution in [1.82, 2.24) is 0 Å². The van der Waals surface area contributed by atoms with Crippen LogP contribution in [0.15, 0.2) is 71.2 Å². The van der Waals surface area contributed by atoms with Crippen molar-refractivity contribution in [3.63, 3.8) is 0 Å². The summed E-state index contributed by atoms with van der Waals surface area (Å²) in [5, 5.41) is 6.29. The Morgan fingerprint density at radius 1 is 0.927 bits per heavy atom. The highest BCUT2D eigenvalue weighted by molar-refractivity contribution is 9.10. The van der Waals surface area contributed by atoms with Crippen molar-refractivity contribution in [2.75, 3.05) is 24.4 Å². The zero-order valence-corrected chi connectivity index (χ0v) is 26.1. The van der Waals surface area contributed by atoms with E-state index in [1.165, 1.54) is 29.8 Å². The van der Waals surface area contributed by atoms with E-state index in [1.54, 1.807) is 20.8 Å². The maximum atomic E-state index is 12.6. The van der Waals surface area contributed by atoms with Crippen LogP contribution in [0.4, 0.5) is 11.4 Å². The lowest BCUT2D eigenvalue weighted by molar-refractivity contribution is -0.157. The number of halogens is 1. The molecule has 1 amide bonds. The summed E-state index contributed by atoms with van der Waals surface area (Å²) in [7, 11) is 1.29. The number of hydrogen-bond donors (Lipinski definition) is 2. The number of thiophene rings is 2. The van der Waals surface area contributed by atoms with E-state index in [1.807, 2.05) is 66.7 Å².